The summed E-state index contributed by atoms with van der Waals surface area (Å²) in [6.45, 7) is 0. The summed E-state index contributed by atoms with van der Waals surface area (Å²) in [6.07, 6.45) is 3.31. The predicted molar refractivity (Wildman–Crippen MR) is 80.4 cm³/mol. The van der Waals surface area contributed by atoms with E-state index >= 15 is 0 Å². The van der Waals surface area contributed by atoms with Gasteiger partial charge in [0.25, 0.3) is 0 Å². The molecule has 0 fully saturated rings. The van der Waals surface area contributed by atoms with Crippen molar-refractivity contribution in [1.82, 2.24) is 19.7 Å². The van der Waals surface area contributed by atoms with Gasteiger partial charge >= 0.3 is 0 Å². The van der Waals surface area contributed by atoms with Gasteiger partial charge in [-0.1, -0.05) is 0 Å². The molecule has 0 aliphatic carbocycles. The average molecular weight is 268 g/mol. The molecule has 6 nitrogen and oxygen atoms in total. The van der Waals surface area contributed by atoms with Crippen molar-refractivity contribution < 1.29 is 0 Å². The lowest BCUT2D eigenvalue weighted by Gasteiger charge is -2.13. The number of benzene rings is 1. The van der Waals surface area contributed by atoms with E-state index in [1.54, 1.807) is 17.2 Å². The lowest BCUT2D eigenvalue weighted by atomic mass is 10.2. The zero-order valence-electron chi connectivity index (χ0n) is 11.7. The van der Waals surface area contributed by atoms with Crippen molar-refractivity contribution in [2.45, 2.75) is 0 Å². The molecule has 2 heterocycles. The van der Waals surface area contributed by atoms with Crippen LogP contribution in [0, 0.1) is 0 Å². The van der Waals surface area contributed by atoms with E-state index < -0.39 is 0 Å². The zero-order valence-corrected chi connectivity index (χ0v) is 11.7. The van der Waals surface area contributed by atoms with Crippen LogP contribution in [0.1, 0.15) is 0 Å². The molecule has 1 aromatic carbocycles. The first-order chi connectivity index (χ1) is 9.65. The van der Waals surface area contributed by atoms with Crippen molar-refractivity contribution in [2.24, 2.45) is 7.05 Å². The number of hydrogen-bond donors (Lipinski definition) is 1. The van der Waals surface area contributed by atoms with Crippen molar-refractivity contribution in [3.63, 3.8) is 0 Å². The lowest BCUT2D eigenvalue weighted by Crippen LogP contribution is -2.08. The monoisotopic (exact) mass is 268 g/mol. The maximum absolute atomic E-state index is 4.29. The number of hydrogen-bond acceptors (Lipinski definition) is 5. The van der Waals surface area contributed by atoms with Crippen LogP contribution in [0.3, 0.4) is 0 Å². The Bertz CT molecular complexity index is 729. The van der Waals surface area contributed by atoms with E-state index in [-0.39, 0.29) is 0 Å². The molecule has 20 heavy (non-hydrogen) atoms. The highest BCUT2D eigenvalue weighted by Crippen LogP contribution is 2.23. The molecule has 3 rings (SSSR count). The van der Waals surface area contributed by atoms with Gasteiger partial charge in [0.15, 0.2) is 5.65 Å². The van der Waals surface area contributed by atoms with Crippen molar-refractivity contribution in [3.8, 4) is 0 Å². The Labute approximate surface area is 117 Å². The van der Waals surface area contributed by atoms with E-state index in [2.05, 4.69) is 37.4 Å². The van der Waals surface area contributed by atoms with Crippen LogP contribution in [0.25, 0.3) is 11.0 Å². The van der Waals surface area contributed by atoms with Crippen molar-refractivity contribution in [1.29, 1.82) is 0 Å². The van der Waals surface area contributed by atoms with E-state index in [1.807, 2.05) is 33.3 Å². The lowest BCUT2D eigenvalue weighted by molar-refractivity contribution is 0.785. The minimum absolute atomic E-state index is 0.765. The van der Waals surface area contributed by atoms with Crippen molar-refractivity contribution >= 4 is 28.2 Å². The molecule has 0 unspecified atom stereocenters. The number of rotatable bonds is 3. The van der Waals surface area contributed by atoms with Gasteiger partial charge in [0.05, 0.1) is 11.6 Å². The van der Waals surface area contributed by atoms with Gasteiger partial charge in [-0.15, -0.1) is 0 Å². The number of nitrogens with zero attached hydrogens (tertiary/aromatic N) is 5. The summed E-state index contributed by atoms with van der Waals surface area (Å²) in [5.74, 6) is 0.765. The van der Waals surface area contributed by atoms with Gasteiger partial charge in [-0.2, -0.15) is 5.10 Å². The smallest absolute Gasteiger partial charge is 0.163 e. The second-order valence-electron chi connectivity index (χ2n) is 4.79. The first-order valence-electron chi connectivity index (χ1n) is 6.32. The summed E-state index contributed by atoms with van der Waals surface area (Å²) in [4.78, 5) is 10.6. The van der Waals surface area contributed by atoms with Crippen LogP contribution in [0.2, 0.25) is 0 Å². The van der Waals surface area contributed by atoms with E-state index in [1.165, 1.54) is 0 Å². The van der Waals surface area contributed by atoms with E-state index in [0.29, 0.717) is 0 Å². The Kier molecular flexibility index (Phi) is 2.98. The van der Waals surface area contributed by atoms with Crippen LogP contribution < -0.4 is 10.2 Å². The molecule has 0 aliphatic heterocycles. The molecule has 1 N–H and O–H groups in total. The second kappa shape index (κ2) is 4.80. The molecule has 2 aromatic heterocycles. The SMILES string of the molecule is CN(C)c1ccc(Nc2ncnc3c2cnn3C)cc1. The summed E-state index contributed by atoms with van der Waals surface area (Å²) >= 11 is 0. The summed E-state index contributed by atoms with van der Waals surface area (Å²) < 4.78 is 1.73. The molecule has 102 valence electrons. The van der Waals surface area contributed by atoms with Gasteiger partial charge in [0.2, 0.25) is 0 Å². The normalized spacial score (nSPS) is 10.8. The van der Waals surface area contributed by atoms with Gasteiger partial charge in [0.1, 0.15) is 12.1 Å². The first kappa shape index (κ1) is 12.4. The number of anilines is 3. The fourth-order valence-electron chi connectivity index (χ4n) is 2.04. The molecule has 0 amide bonds. The molecule has 0 saturated heterocycles. The fourth-order valence-corrected chi connectivity index (χ4v) is 2.04. The summed E-state index contributed by atoms with van der Waals surface area (Å²) in [5.41, 5.74) is 2.96. The number of nitrogens with one attached hydrogen (secondary N) is 1. The van der Waals surface area contributed by atoms with Crippen LogP contribution in [0.5, 0.6) is 0 Å². The van der Waals surface area contributed by atoms with Gasteiger partial charge in [0, 0.05) is 32.5 Å². The minimum Gasteiger partial charge on any atom is -0.378 e. The van der Waals surface area contributed by atoms with Crippen LogP contribution in [-0.4, -0.2) is 33.8 Å². The Balaban J connectivity index is 1.93. The summed E-state index contributed by atoms with van der Waals surface area (Å²) in [5, 5.41) is 8.42. The van der Waals surface area contributed by atoms with Crippen LogP contribution in [-0.2, 0) is 7.05 Å². The Morgan fingerprint density at radius 2 is 1.85 bits per heavy atom. The van der Waals surface area contributed by atoms with E-state index in [9.17, 15) is 0 Å². The number of fused-ring (bicyclic) bond motifs is 1. The third-order valence-electron chi connectivity index (χ3n) is 3.18. The highest BCUT2D eigenvalue weighted by atomic mass is 15.3. The van der Waals surface area contributed by atoms with Crippen LogP contribution in [0.4, 0.5) is 17.2 Å². The number of aromatic nitrogens is 4. The topological polar surface area (TPSA) is 58.9 Å². The first-order valence-corrected chi connectivity index (χ1v) is 6.32. The largest absolute Gasteiger partial charge is 0.378 e. The molecule has 6 heteroatoms. The molecule has 3 aromatic rings. The third-order valence-corrected chi connectivity index (χ3v) is 3.18. The fraction of sp³-hybridized carbons (Fsp3) is 0.214. The third kappa shape index (κ3) is 2.16. The van der Waals surface area contributed by atoms with Crippen LogP contribution in [0.15, 0.2) is 36.8 Å². The van der Waals surface area contributed by atoms with Gasteiger partial charge in [-0.05, 0) is 24.3 Å². The number of aryl methyl sites for hydroxylation is 1. The summed E-state index contributed by atoms with van der Waals surface area (Å²) in [7, 11) is 5.91. The summed E-state index contributed by atoms with van der Waals surface area (Å²) in [6, 6.07) is 8.17. The Hall–Kier alpha value is -2.63. The molecule has 0 bridgehead atoms. The maximum Gasteiger partial charge on any atom is 0.163 e. The molecule has 0 saturated carbocycles. The maximum atomic E-state index is 4.29. The van der Waals surface area contributed by atoms with Crippen molar-refractivity contribution in [2.75, 3.05) is 24.3 Å². The molecular weight excluding hydrogens is 252 g/mol. The van der Waals surface area contributed by atoms with E-state index in [0.717, 1.165) is 28.2 Å². The average Bonchev–Trinajstić information content (AvgIpc) is 2.82. The van der Waals surface area contributed by atoms with Gasteiger partial charge in [-0.25, -0.2) is 9.97 Å². The molecular formula is C14H16N6. The molecule has 0 spiro atoms. The Morgan fingerprint density at radius 1 is 1.10 bits per heavy atom. The van der Waals surface area contributed by atoms with Gasteiger partial charge < -0.3 is 10.2 Å². The Morgan fingerprint density at radius 3 is 2.55 bits per heavy atom. The van der Waals surface area contributed by atoms with Gasteiger partial charge in [-0.3, -0.25) is 4.68 Å². The highest BCUT2D eigenvalue weighted by Gasteiger charge is 2.07. The second-order valence-corrected chi connectivity index (χ2v) is 4.79. The zero-order chi connectivity index (χ0) is 14.1. The molecule has 0 atom stereocenters. The molecule has 0 radical (unpaired) electrons. The quantitative estimate of drug-likeness (QED) is 0.789. The molecule has 0 aliphatic rings. The van der Waals surface area contributed by atoms with E-state index in [4.69, 9.17) is 0 Å². The highest BCUT2D eigenvalue weighted by molar-refractivity contribution is 5.88. The standard InChI is InChI=1S/C14H16N6/c1-19(2)11-6-4-10(5-7-11)18-13-12-8-17-20(3)14(12)16-9-15-13/h4-9H,1-3H3,(H,15,16,18). The van der Waals surface area contributed by atoms with Crippen molar-refractivity contribution in [3.05, 3.63) is 36.8 Å². The van der Waals surface area contributed by atoms with Crippen LogP contribution >= 0.6 is 0 Å². The minimum atomic E-state index is 0.765. The predicted octanol–water partition coefficient (Wildman–Crippen LogP) is 2.17.